The lowest BCUT2D eigenvalue weighted by atomic mass is 9.90. The van der Waals surface area contributed by atoms with Crippen molar-refractivity contribution in [3.05, 3.63) is 27.8 Å². The fraction of sp³-hybridized carbons (Fsp3) is 0.625. The van der Waals surface area contributed by atoms with Gasteiger partial charge < -0.3 is 10.1 Å². The number of rotatable bonds is 3. The van der Waals surface area contributed by atoms with Gasteiger partial charge in [0.2, 0.25) is 0 Å². The molecule has 0 amide bonds. The topological polar surface area (TPSA) is 21.3 Å². The summed E-state index contributed by atoms with van der Waals surface area (Å²) in [5, 5.41) is 4.36. The first-order valence-electron chi connectivity index (χ1n) is 7.37. The number of methoxy groups -OCH3 is 1. The van der Waals surface area contributed by atoms with Crippen molar-refractivity contribution in [2.24, 2.45) is 5.92 Å². The lowest BCUT2D eigenvalue weighted by Crippen LogP contribution is -2.31. The Morgan fingerprint density at radius 1 is 1.37 bits per heavy atom. The molecule has 1 N–H and O–H groups in total. The van der Waals surface area contributed by atoms with Gasteiger partial charge in [0.05, 0.1) is 12.1 Å². The predicted octanol–water partition coefficient (Wildman–Crippen LogP) is 3.38. The summed E-state index contributed by atoms with van der Waals surface area (Å²) in [7, 11) is 1.74. The minimum atomic E-state index is 0.721. The van der Waals surface area contributed by atoms with Crippen LogP contribution in [0.4, 0.5) is 0 Å². The Kier molecular flexibility index (Phi) is 3.99. The molecule has 0 bridgehead atoms. The van der Waals surface area contributed by atoms with Crippen molar-refractivity contribution in [2.75, 3.05) is 20.2 Å². The molecule has 0 aromatic heterocycles. The van der Waals surface area contributed by atoms with E-state index in [0.717, 1.165) is 36.1 Å². The van der Waals surface area contributed by atoms with Crippen LogP contribution in [0, 0.1) is 5.92 Å². The van der Waals surface area contributed by atoms with E-state index in [1.165, 1.54) is 48.9 Å². The fourth-order valence-electron chi connectivity index (χ4n) is 3.51. The molecular weight excluding hydrogens is 258 g/mol. The van der Waals surface area contributed by atoms with Gasteiger partial charge in [0.15, 0.2) is 0 Å². The summed E-state index contributed by atoms with van der Waals surface area (Å²) in [6.45, 7) is 2.29. The number of ether oxygens (including phenoxy) is 1. The average Bonchev–Trinajstić information content (AvgIpc) is 2.89. The molecule has 1 aromatic carbocycles. The van der Waals surface area contributed by atoms with E-state index in [-0.39, 0.29) is 0 Å². The Bertz CT molecular complexity index is 466. The number of halogens is 1. The van der Waals surface area contributed by atoms with Gasteiger partial charge in [-0.05, 0) is 74.2 Å². The summed E-state index contributed by atoms with van der Waals surface area (Å²) >= 11 is 6.54. The smallest absolute Gasteiger partial charge is 0.140 e. The van der Waals surface area contributed by atoms with E-state index < -0.39 is 0 Å². The van der Waals surface area contributed by atoms with Gasteiger partial charge >= 0.3 is 0 Å². The van der Waals surface area contributed by atoms with Gasteiger partial charge in [-0.1, -0.05) is 17.7 Å². The number of piperidine rings is 1. The molecule has 1 unspecified atom stereocenters. The van der Waals surface area contributed by atoms with Crippen molar-refractivity contribution in [1.29, 1.82) is 0 Å². The Hall–Kier alpha value is -0.730. The van der Waals surface area contributed by atoms with E-state index >= 15 is 0 Å². The molecular formula is C16H22ClNO. The molecule has 2 aliphatic rings. The van der Waals surface area contributed by atoms with E-state index in [2.05, 4.69) is 11.4 Å². The maximum Gasteiger partial charge on any atom is 0.140 e. The highest BCUT2D eigenvalue weighted by atomic mass is 35.5. The van der Waals surface area contributed by atoms with E-state index in [4.69, 9.17) is 16.3 Å². The van der Waals surface area contributed by atoms with Gasteiger partial charge in [-0.15, -0.1) is 0 Å². The molecule has 2 nitrogen and oxygen atoms in total. The first kappa shape index (κ1) is 13.3. The normalized spacial score (nSPS) is 22.3. The van der Waals surface area contributed by atoms with Crippen molar-refractivity contribution in [3.63, 3.8) is 0 Å². The van der Waals surface area contributed by atoms with E-state index in [9.17, 15) is 0 Å². The second kappa shape index (κ2) is 5.72. The number of benzene rings is 1. The van der Waals surface area contributed by atoms with Gasteiger partial charge in [0.1, 0.15) is 5.75 Å². The Labute approximate surface area is 120 Å². The molecule has 1 heterocycles. The summed E-state index contributed by atoms with van der Waals surface area (Å²) in [5.41, 5.74) is 4.08. The summed E-state index contributed by atoms with van der Waals surface area (Å²) < 4.78 is 5.59. The molecule has 1 fully saturated rings. The van der Waals surface area contributed by atoms with E-state index in [1.807, 2.05) is 0 Å². The third kappa shape index (κ3) is 2.61. The molecule has 19 heavy (non-hydrogen) atoms. The summed E-state index contributed by atoms with van der Waals surface area (Å²) in [5.74, 6) is 1.64. The van der Waals surface area contributed by atoms with E-state index in [1.54, 1.807) is 7.11 Å². The molecule has 1 atom stereocenters. The molecule has 1 aliphatic heterocycles. The number of nitrogens with one attached hydrogen (secondary N) is 1. The van der Waals surface area contributed by atoms with Crippen LogP contribution in [0.1, 0.15) is 36.0 Å². The van der Waals surface area contributed by atoms with Crippen molar-refractivity contribution in [3.8, 4) is 5.75 Å². The minimum Gasteiger partial charge on any atom is -0.495 e. The minimum absolute atomic E-state index is 0.721. The molecule has 1 aromatic rings. The van der Waals surface area contributed by atoms with Crippen LogP contribution in [0.15, 0.2) is 6.07 Å². The third-order valence-electron chi connectivity index (χ3n) is 4.48. The zero-order chi connectivity index (χ0) is 13.2. The maximum absolute atomic E-state index is 6.54. The number of hydrogen-bond acceptors (Lipinski definition) is 2. The van der Waals surface area contributed by atoms with Crippen LogP contribution in [0.2, 0.25) is 5.02 Å². The van der Waals surface area contributed by atoms with Gasteiger partial charge in [-0.3, -0.25) is 0 Å². The quantitative estimate of drug-likeness (QED) is 0.916. The highest BCUT2D eigenvalue weighted by molar-refractivity contribution is 6.33. The highest BCUT2D eigenvalue weighted by Gasteiger charge is 2.23. The van der Waals surface area contributed by atoms with Crippen LogP contribution >= 0.6 is 11.6 Å². The van der Waals surface area contributed by atoms with Crippen LogP contribution in [-0.4, -0.2) is 20.2 Å². The largest absolute Gasteiger partial charge is 0.495 e. The van der Waals surface area contributed by atoms with Crippen LogP contribution in [-0.2, 0) is 19.3 Å². The second-order valence-electron chi connectivity index (χ2n) is 5.79. The third-order valence-corrected chi connectivity index (χ3v) is 4.88. The number of aryl methyl sites for hydroxylation is 1. The number of hydrogen-bond donors (Lipinski definition) is 1. The fourth-order valence-corrected chi connectivity index (χ4v) is 3.93. The van der Waals surface area contributed by atoms with Crippen LogP contribution < -0.4 is 10.1 Å². The first-order valence-corrected chi connectivity index (χ1v) is 7.75. The Morgan fingerprint density at radius 2 is 2.26 bits per heavy atom. The Balaban J connectivity index is 1.89. The predicted molar refractivity (Wildman–Crippen MR) is 79.3 cm³/mol. The van der Waals surface area contributed by atoms with Gasteiger partial charge in [-0.25, -0.2) is 0 Å². The molecule has 1 aliphatic carbocycles. The lowest BCUT2D eigenvalue weighted by Gasteiger charge is -2.24. The van der Waals surface area contributed by atoms with Gasteiger partial charge in [0, 0.05) is 0 Å². The van der Waals surface area contributed by atoms with Gasteiger partial charge in [0.25, 0.3) is 0 Å². The van der Waals surface area contributed by atoms with Crippen molar-refractivity contribution >= 4 is 11.6 Å². The maximum atomic E-state index is 6.54. The molecule has 3 heteroatoms. The molecule has 1 saturated heterocycles. The standard InChI is InChI=1S/C16H22ClNO/c1-19-16-13(8-11-4-3-7-18-10-11)9-12-5-2-6-14(12)15(16)17/h9,11,18H,2-8,10H2,1H3. The zero-order valence-electron chi connectivity index (χ0n) is 11.6. The van der Waals surface area contributed by atoms with Crippen molar-refractivity contribution in [2.45, 2.75) is 38.5 Å². The molecule has 3 rings (SSSR count). The molecule has 0 saturated carbocycles. The second-order valence-corrected chi connectivity index (χ2v) is 6.17. The SMILES string of the molecule is COc1c(CC2CCCNC2)cc2c(c1Cl)CCC2. The highest BCUT2D eigenvalue weighted by Crippen LogP contribution is 2.40. The van der Waals surface area contributed by atoms with Crippen molar-refractivity contribution in [1.82, 2.24) is 5.32 Å². The zero-order valence-corrected chi connectivity index (χ0v) is 12.4. The van der Waals surface area contributed by atoms with Gasteiger partial charge in [-0.2, -0.15) is 0 Å². The lowest BCUT2D eigenvalue weighted by molar-refractivity contribution is 0.364. The molecule has 104 valence electrons. The summed E-state index contributed by atoms with van der Waals surface area (Å²) in [6.07, 6.45) is 7.19. The van der Waals surface area contributed by atoms with Crippen LogP contribution in [0.5, 0.6) is 5.75 Å². The van der Waals surface area contributed by atoms with E-state index in [0.29, 0.717) is 0 Å². The summed E-state index contributed by atoms with van der Waals surface area (Å²) in [6, 6.07) is 2.35. The van der Waals surface area contributed by atoms with Crippen molar-refractivity contribution < 1.29 is 4.74 Å². The first-order chi connectivity index (χ1) is 9.29. The molecule has 0 spiro atoms. The molecule has 0 radical (unpaired) electrons. The number of fused-ring (bicyclic) bond motifs is 1. The Morgan fingerprint density at radius 3 is 3.00 bits per heavy atom. The average molecular weight is 280 g/mol. The monoisotopic (exact) mass is 279 g/mol. The van der Waals surface area contributed by atoms with Crippen LogP contribution in [0.3, 0.4) is 0 Å². The summed E-state index contributed by atoms with van der Waals surface area (Å²) in [4.78, 5) is 0. The van der Waals surface area contributed by atoms with Crippen LogP contribution in [0.25, 0.3) is 0 Å².